The molecule has 1 saturated heterocycles. The molecule has 0 unspecified atom stereocenters. The quantitative estimate of drug-likeness (QED) is 0.413. The van der Waals surface area contributed by atoms with Crippen LogP contribution in [-0.4, -0.2) is 39.2 Å². The Kier molecular flexibility index (Phi) is 6.70. The molecule has 0 spiro atoms. The van der Waals surface area contributed by atoms with Crippen LogP contribution >= 0.6 is 11.3 Å². The van der Waals surface area contributed by atoms with Crippen molar-refractivity contribution >= 4 is 39.8 Å². The molecule has 2 fully saturated rings. The van der Waals surface area contributed by atoms with E-state index in [9.17, 15) is 14.0 Å². The maximum absolute atomic E-state index is 14.7. The minimum atomic E-state index is -0.685. The van der Waals surface area contributed by atoms with Crippen molar-refractivity contribution in [2.45, 2.75) is 57.9 Å². The average Bonchev–Trinajstić information content (AvgIpc) is 3.62. The molecule has 36 heavy (non-hydrogen) atoms. The Morgan fingerprint density at radius 1 is 1.25 bits per heavy atom. The van der Waals surface area contributed by atoms with Gasteiger partial charge in [0, 0.05) is 24.4 Å². The van der Waals surface area contributed by atoms with Crippen LogP contribution in [-0.2, 0) is 0 Å². The minimum absolute atomic E-state index is 0.0276. The molecule has 1 aliphatic carbocycles. The molecule has 1 amide bonds. The minimum Gasteiger partial charge on any atom is -0.364 e. The highest BCUT2D eigenvalue weighted by atomic mass is 32.1. The number of ketones is 1. The fraction of sp³-hybridized carbons (Fsp3) is 0.423. The van der Waals surface area contributed by atoms with Gasteiger partial charge in [0.05, 0.1) is 17.5 Å². The van der Waals surface area contributed by atoms with E-state index < -0.39 is 11.7 Å². The average molecular weight is 509 g/mol. The summed E-state index contributed by atoms with van der Waals surface area (Å²) in [5.41, 5.74) is 7.56. The van der Waals surface area contributed by atoms with Crippen LogP contribution in [0.2, 0.25) is 0 Å². The molecule has 3 heterocycles. The summed E-state index contributed by atoms with van der Waals surface area (Å²) in [4.78, 5) is 40.4. The number of aryl methyl sites for hydroxylation is 1. The zero-order valence-electron chi connectivity index (χ0n) is 20.3. The highest BCUT2D eigenvalue weighted by Crippen LogP contribution is 2.40. The summed E-state index contributed by atoms with van der Waals surface area (Å²) in [6.45, 7) is 4.66. The summed E-state index contributed by atoms with van der Waals surface area (Å²) in [6.07, 6.45) is 5.70. The lowest BCUT2D eigenvalue weighted by atomic mass is 9.84. The predicted molar refractivity (Wildman–Crippen MR) is 138 cm³/mol. The number of amides is 1. The van der Waals surface area contributed by atoms with Gasteiger partial charge in [-0.15, -0.1) is 11.3 Å². The van der Waals surface area contributed by atoms with Crippen LogP contribution in [0.25, 0.3) is 0 Å². The topological polar surface area (TPSA) is 114 Å². The van der Waals surface area contributed by atoms with Gasteiger partial charge in [-0.25, -0.2) is 19.3 Å². The number of hydrogen-bond donors (Lipinski definition) is 2. The van der Waals surface area contributed by atoms with Gasteiger partial charge in [-0.1, -0.05) is 6.07 Å². The smallest absolute Gasteiger partial charge is 0.271 e. The number of hydrogen-bond acceptors (Lipinski definition) is 8. The third-order valence-electron chi connectivity index (χ3n) is 7.07. The molecule has 0 bridgehead atoms. The van der Waals surface area contributed by atoms with E-state index in [-0.39, 0.29) is 41.2 Å². The first-order chi connectivity index (χ1) is 17.3. The maximum Gasteiger partial charge on any atom is 0.271 e. The highest BCUT2D eigenvalue weighted by molar-refractivity contribution is 7.13. The van der Waals surface area contributed by atoms with Gasteiger partial charge in [-0.05, 0) is 69.1 Å². The second kappa shape index (κ2) is 9.93. The summed E-state index contributed by atoms with van der Waals surface area (Å²) < 4.78 is 14.7. The second-order valence-corrected chi connectivity index (χ2v) is 10.5. The molecular formula is C26H29FN6O2S. The van der Waals surface area contributed by atoms with Gasteiger partial charge in [0.25, 0.3) is 5.91 Å². The number of nitrogens with zero attached hydrogens (tertiary/aromatic N) is 4. The fourth-order valence-electron chi connectivity index (χ4n) is 4.89. The third-order valence-corrected chi connectivity index (χ3v) is 7.95. The van der Waals surface area contributed by atoms with Gasteiger partial charge in [0.1, 0.15) is 11.6 Å². The first-order valence-electron chi connectivity index (χ1n) is 12.3. The predicted octanol–water partition coefficient (Wildman–Crippen LogP) is 4.98. The van der Waals surface area contributed by atoms with Crippen LogP contribution < -0.4 is 16.0 Å². The Bertz CT molecular complexity index is 1310. The summed E-state index contributed by atoms with van der Waals surface area (Å²) in [5, 5.41) is 5.55. The molecule has 2 aliphatic rings. The van der Waals surface area contributed by atoms with Crippen LogP contribution in [0.1, 0.15) is 77.0 Å². The SMILES string of the molecule is Cc1csc(Nc2nc(N3CCC[C@@H](CC(=O)c4ccc(C5CC5)cc4F)[C@H]3C)cnc2C(N)=O)n1. The second-order valence-electron chi connectivity index (χ2n) is 9.69. The number of carbonyl (C=O) groups excluding carboxylic acids is 2. The van der Waals surface area contributed by atoms with Crippen molar-refractivity contribution in [1.82, 2.24) is 15.0 Å². The lowest BCUT2D eigenvalue weighted by molar-refractivity contribution is 0.0940. The number of primary amides is 1. The number of Topliss-reactive ketones (excluding diaryl/α,β-unsaturated/α-hetero) is 1. The standard InChI is InChI=1S/C26H29FN6O2S/c1-14-13-36-26(30-14)32-25-23(24(28)35)29-12-22(31-25)33-9-3-4-17(15(33)2)11-21(34)19-8-7-18(10-20(19)27)16-5-6-16/h7-8,10,12-13,15-17H,3-6,9,11H2,1-2H3,(H2,28,35)(H,30,31,32)/t15-,17+/m1/s1. The van der Waals surface area contributed by atoms with E-state index in [1.165, 1.54) is 23.6 Å². The fourth-order valence-corrected chi connectivity index (χ4v) is 5.58. The Balaban J connectivity index is 1.34. The summed E-state index contributed by atoms with van der Waals surface area (Å²) in [6, 6.07) is 5.03. The van der Waals surface area contributed by atoms with Gasteiger partial charge in [-0.2, -0.15) is 0 Å². The van der Waals surface area contributed by atoms with Crippen molar-refractivity contribution in [2.75, 3.05) is 16.8 Å². The Morgan fingerprint density at radius 2 is 2.06 bits per heavy atom. The number of aromatic nitrogens is 3. The molecule has 0 radical (unpaired) electrons. The number of nitrogens with one attached hydrogen (secondary N) is 1. The third kappa shape index (κ3) is 5.09. The zero-order valence-corrected chi connectivity index (χ0v) is 21.1. The molecule has 1 saturated carbocycles. The number of piperidine rings is 1. The summed E-state index contributed by atoms with van der Waals surface area (Å²) in [5.74, 6) is 0.0182. The highest BCUT2D eigenvalue weighted by Gasteiger charge is 2.32. The van der Waals surface area contributed by atoms with Crippen molar-refractivity contribution in [1.29, 1.82) is 0 Å². The molecule has 10 heteroatoms. The Morgan fingerprint density at radius 3 is 2.72 bits per heavy atom. The number of benzene rings is 1. The molecule has 2 aromatic heterocycles. The molecule has 1 aromatic carbocycles. The van der Waals surface area contributed by atoms with E-state index in [0.29, 0.717) is 16.9 Å². The largest absolute Gasteiger partial charge is 0.364 e. The van der Waals surface area contributed by atoms with E-state index in [1.807, 2.05) is 25.3 Å². The van der Waals surface area contributed by atoms with Gasteiger partial charge in [-0.3, -0.25) is 9.59 Å². The van der Waals surface area contributed by atoms with Crippen molar-refractivity contribution in [3.05, 3.63) is 58.1 Å². The van der Waals surface area contributed by atoms with E-state index in [0.717, 1.165) is 43.5 Å². The first-order valence-corrected chi connectivity index (χ1v) is 13.1. The van der Waals surface area contributed by atoms with Crippen LogP contribution in [0.5, 0.6) is 0 Å². The van der Waals surface area contributed by atoms with Crippen LogP contribution in [0.15, 0.2) is 29.8 Å². The molecule has 3 aromatic rings. The Labute approximate surface area is 213 Å². The van der Waals surface area contributed by atoms with Crippen molar-refractivity contribution < 1.29 is 14.0 Å². The van der Waals surface area contributed by atoms with Crippen molar-refractivity contribution in [3.63, 3.8) is 0 Å². The molecule has 5 rings (SSSR count). The van der Waals surface area contributed by atoms with Crippen LogP contribution in [0.3, 0.4) is 0 Å². The van der Waals surface area contributed by atoms with Gasteiger partial charge in [0.2, 0.25) is 0 Å². The lowest BCUT2D eigenvalue weighted by Gasteiger charge is -2.40. The summed E-state index contributed by atoms with van der Waals surface area (Å²) in [7, 11) is 0. The van der Waals surface area contributed by atoms with E-state index in [1.54, 1.807) is 6.07 Å². The first kappa shape index (κ1) is 24.3. The molecule has 3 N–H and O–H groups in total. The number of thiazole rings is 1. The van der Waals surface area contributed by atoms with Crippen LogP contribution in [0, 0.1) is 18.7 Å². The number of nitrogens with two attached hydrogens (primary N) is 1. The van der Waals surface area contributed by atoms with Gasteiger partial charge < -0.3 is 16.0 Å². The maximum atomic E-state index is 14.7. The Hall–Kier alpha value is -3.40. The molecular weight excluding hydrogens is 479 g/mol. The molecule has 8 nitrogen and oxygen atoms in total. The number of rotatable bonds is 8. The van der Waals surface area contributed by atoms with Crippen LogP contribution in [0.4, 0.5) is 21.2 Å². The number of carbonyl (C=O) groups is 2. The monoisotopic (exact) mass is 508 g/mol. The number of anilines is 3. The normalized spacial score (nSPS) is 19.8. The van der Waals surface area contributed by atoms with Gasteiger partial charge >= 0.3 is 0 Å². The number of halogens is 1. The van der Waals surface area contributed by atoms with E-state index in [4.69, 9.17) is 5.73 Å². The van der Waals surface area contributed by atoms with E-state index in [2.05, 4.69) is 25.2 Å². The molecule has 2 atom stereocenters. The lowest BCUT2D eigenvalue weighted by Crippen LogP contribution is -2.44. The van der Waals surface area contributed by atoms with Crippen molar-refractivity contribution in [2.24, 2.45) is 11.7 Å². The zero-order chi connectivity index (χ0) is 25.4. The van der Waals surface area contributed by atoms with E-state index >= 15 is 0 Å². The van der Waals surface area contributed by atoms with Crippen molar-refractivity contribution in [3.8, 4) is 0 Å². The molecule has 1 aliphatic heterocycles. The summed E-state index contributed by atoms with van der Waals surface area (Å²) >= 11 is 1.39. The van der Waals surface area contributed by atoms with Gasteiger partial charge in [0.15, 0.2) is 22.4 Å². The molecule has 188 valence electrons.